The van der Waals surface area contributed by atoms with Gasteiger partial charge in [0.05, 0.1) is 6.04 Å². The summed E-state index contributed by atoms with van der Waals surface area (Å²) in [6.45, 7) is 2.43. The monoisotopic (exact) mass is 330 g/mol. The summed E-state index contributed by atoms with van der Waals surface area (Å²) in [5.41, 5.74) is 1.27. The van der Waals surface area contributed by atoms with Crippen LogP contribution in [0, 0.1) is 11.6 Å². The minimum Gasteiger partial charge on any atom is -0.350 e. The lowest BCUT2D eigenvalue weighted by molar-refractivity contribution is 0.0937. The highest BCUT2D eigenvalue weighted by Gasteiger charge is 2.24. The molecule has 0 radical (unpaired) electrons. The number of carbonyl (C=O) groups is 1. The first-order valence-corrected chi connectivity index (χ1v) is 8.17. The minimum atomic E-state index is -1.01. The number of carbonyl (C=O) groups excluding carboxylic acids is 1. The maximum atomic E-state index is 13.3. The van der Waals surface area contributed by atoms with Crippen LogP contribution in [0.4, 0.5) is 8.78 Å². The van der Waals surface area contributed by atoms with Gasteiger partial charge in [0.1, 0.15) is 0 Å². The smallest absolute Gasteiger partial charge is 0.251 e. The van der Waals surface area contributed by atoms with E-state index < -0.39 is 17.5 Å². The second-order valence-electron chi connectivity index (χ2n) is 6.01. The van der Waals surface area contributed by atoms with E-state index in [0.717, 1.165) is 43.6 Å². The Morgan fingerprint density at radius 3 is 2.42 bits per heavy atom. The van der Waals surface area contributed by atoms with Crippen molar-refractivity contribution in [1.82, 2.24) is 10.2 Å². The van der Waals surface area contributed by atoms with Gasteiger partial charge in [-0.05, 0) is 49.7 Å². The first-order valence-electron chi connectivity index (χ1n) is 8.17. The molecular formula is C19H20F2N2O. The van der Waals surface area contributed by atoms with Gasteiger partial charge >= 0.3 is 0 Å². The fraction of sp³-hybridized carbons (Fsp3) is 0.316. The Morgan fingerprint density at radius 2 is 1.75 bits per heavy atom. The van der Waals surface area contributed by atoms with Gasteiger partial charge in [-0.2, -0.15) is 0 Å². The fourth-order valence-electron chi connectivity index (χ4n) is 3.12. The van der Waals surface area contributed by atoms with Gasteiger partial charge in [-0.1, -0.05) is 30.3 Å². The summed E-state index contributed by atoms with van der Waals surface area (Å²) in [5, 5.41) is 2.85. The predicted octanol–water partition coefficient (Wildman–Crippen LogP) is 3.53. The largest absolute Gasteiger partial charge is 0.350 e. The molecule has 5 heteroatoms. The highest BCUT2D eigenvalue weighted by Crippen LogP contribution is 2.24. The molecule has 0 spiro atoms. The van der Waals surface area contributed by atoms with Crippen LogP contribution in [-0.2, 0) is 0 Å². The molecule has 1 aliphatic heterocycles. The van der Waals surface area contributed by atoms with Crippen LogP contribution in [0.2, 0.25) is 0 Å². The van der Waals surface area contributed by atoms with E-state index in [1.807, 2.05) is 30.3 Å². The summed E-state index contributed by atoms with van der Waals surface area (Å²) in [7, 11) is 0. The summed E-state index contributed by atoms with van der Waals surface area (Å²) in [6.07, 6.45) is 2.31. The Labute approximate surface area is 140 Å². The maximum Gasteiger partial charge on any atom is 0.251 e. The van der Waals surface area contributed by atoms with Crippen molar-refractivity contribution in [3.8, 4) is 0 Å². The molecule has 1 atom stereocenters. The molecule has 0 bridgehead atoms. The van der Waals surface area contributed by atoms with Gasteiger partial charge in [0.15, 0.2) is 11.6 Å². The Kier molecular flexibility index (Phi) is 5.20. The molecule has 1 saturated heterocycles. The van der Waals surface area contributed by atoms with Crippen LogP contribution >= 0.6 is 0 Å². The third-order valence-corrected chi connectivity index (χ3v) is 4.40. The van der Waals surface area contributed by atoms with E-state index in [9.17, 15) is 13.6 Å². The van der Waals surface area contributed by atoms with Crippen molar-refractivity contribution in [3.63, 3.8) is 0 Å². The molecular weight excluding hydrogens is 310 g/mol. The summed E-state index contributed by atoms with van der Waals surface area (Å²) in [6, 6.07) is 13.3. The summed E-state index contributed by atoms with van der Waals surface area (Å²) < 4.78 is 26.3. The Hall–Kier alpha value is -2.27. The topological polar surface area (TPSA) is 32.3 Å². The lowest BCUT2D eigenvalue weighted by Crippen LogP contribution is -2.36. The van der Waals surface area contributed by atoms with E-state index in [-0.39, 0.29) is 11.6 Å². The molecule has 3 nitrogen and oxygen atoms in total. The van der Waals surface area contributed by atoms with Crippen molar-refractivity contribution in [2.75, 3.05) is 19.6 Å². The number of hydrogen-bond acceptors (Lipinski definition) is 2. The molecule has 1 N–H and O–H groups in total. The van der Waals surface area contributed by atoms with E-state index in [1.165, 1.54) is 6.07 Å². The quantitative estimate of drug-likeness (QED) is 0.909. The molecule has 1 fully saturated rings. The molecule has 24 heavy (non-hydrogen) atoms. The van der Waals surface area contributed by atoms with Gasteiger partial charge in [0.25, 0.3) is 5.91 Å². The van der Waals surface area contributed by atoms with Gasteiger partial charge in [-0.3, -0.25) is 9.69 Å². The van der Waals surface area contributed by atoms with Crippen molar-refractivity contribution in [2.24, 2.45) is 0 Å². The van der Waals surface area contributed by atoms with Crippen LogP contribution in [0.5, 0.6) is 0 Å². The Balaban J connectivity index is 1.71. The summed E-state index contributed by atoms with van der Waals surface area (Å²) >= 11 is 0. The van der Waals surface area contributed by atoms with Crippen LogP contribution in [-0.4, -0.2) is 30.4 Å². The van der Waals surface area contributed by atoms with Crippen LogP contribution in [0.25, 0.3) is 0 Å². The van der Waals surface area contributed by atoms with E-state index in [1.54, 1.807) is 0 Å². The number of hydrogen-bond donors (Lipinski definition) is 1. The van der Waals surface area contributed by atoms with Gasteiger partial charge in [-0.15, -0.1) is 0 Å². The van der Waals surface area contributed by atoms with Crippen molar-refractivity contribution in [1.29, 1.82) is 0 Å². The standard InChI is InChI=1S/C19H20F2N2O/c20-16-9-8-15(12-17(16)21)19(24)22-13-18(23-10-4-5-11-23)14-6-2-1-3-7-14/h1-3,6-9,12,18H,4-5,10-11,13H2,(H,22,24)/t18-/m1/s1. The van der Waals surface area contributed by atoms with E-state index in [2.05, 4.69) is 10.2 Å². The number of halogens is 2. The number of rotatable bonds is 5. The molecule has 1 heterocycles. The Bertz CT molecular complexity index is 700. The first-order chi connectivity index (χ1) is 11.6. The molecule has 2 aromatic rings. The van der Waals surface area contributed by atoms with Crippen LogP contribution in [0.1, 0.15) is 34.8 Å². The number of nitrogens with zero attached hydrogens (tertiary/aromatic N) is 1. The molecule has 2 aromatic carbocycles. The normalized spacial score (nSPS) is 16.1. The third kappa shape index (κ3) is 3.79. The zero-order valence-corrected chi connectivity index (χ0v) is 13.3. The minimum absolute atomic E-state index is 0.0861. The highest BCUT2D eigenvalue weighted by molar-refractivity contribution is 5.94. The molecule has 126 valence electrons. The van der Waals surface area contributed by atoms with Crippen molar-refractivity contribution < 1.29 is 13.6 Å². The SMILES string of the molecule is O=C(NC[C@H](c1ccccc1)N1CCCC1)c1ccc(F)c(F)c1. The summed E-state index contributed by atoms with van der Waals surface area (Å²) in [5.74, 6) is -2.36. The third-order valence-electron chi connectivity index (χ3n) is 4.40. The first kappa shape index (κ1) is 16.6. The second kappa shape index (κ2) is 7.53. The fourth-order valence-corrected chi connectivity index (χ4v) is 3.12. The van der Waals surface area contributed by atoms with Crippen LogP contribution in [0.3, 0.4) is 0 Å². The molecule has 0 aromatic heterocycles. The van der Waals surface area contributed by atoms with Gasteiger partial charge in [-0.25, -0.2) is 8.78 Å². The van der Waals surface area contributed by atoms with Gasteiger partial charge in [0.2, 0.25) is 0 Å². The number of amides is 1. The molecule has 1 aliphatic rings. The van der Waals surface area contributed by atoms with Crippen molar-refractivity contribution in [3.05, 3.63) is 71.3 Å². The zero-order valence-electron chi connectivity index (χ0n) is 13.3. The van der Waals surface area contributed by atoms with Crippen LogP contribution in [0.15, 0.2) is 48.5 Å². The lowest BCUT2D eigenvalue weighted by Gasteiger charge is -2.28. The molecule has 3 rings (SSSR count). The molecule has 1 amide bonds. The number of nitrogens with one attached hydrogen (secondary N) is 1. The van der Waals surface area contributed by atoms with E-state index in [4.69, 9.17) is 0 Å². The zero-order chi connectivity index (χ0) is 16.9. The van der Waals surface area contributed by atoms with Gasteiger partial charge < -0.3 is 5.32 Å². The summed E-state index contributed by atoms with van der Waals surface area (Å²) in [4.78, 5) is 14.6. The lowest BCUT2D eigenvalue weighted by atomic mass is 10.1. The Morgan fingerprint density at radius 1 is 1.04 bits per heavy atom. The average molecular weight is 330 g/mol. The average Bonchev–Trinajstić information content (AvgIpc) is 3.12. The van der Waals surface area contributed by atoms with Crippen LogP contribution < -0.4 is 5.32 Å². The predicted molar refractivity (Wildman–Crippen MR) is 88.7 cm³/mol. The maximum absolute atomic E-state index is 13.3. The number of benzene rings is 2. The molecule has 0 unspecified atom stereocenters. The molecule has 0 saturated carbocycles. The van der Waals surface area contributed by atoms with E-state index in [0.29, 0.717) is 6.54 Å². The van der Waals surface area contributed by atoms with E-state index >= 15 is 0 Å². The highest BCUT2D eigenvalue weighted by atomic mass is 19.2. The van der Waals surface area contributed by atoms with Crippen molar-refractivity contribution in [2.45, 2.75) is 18.9 Å². The molecule has 0 aliphatic carbocycles. The van der Waals surface area contributed by atoms with Gasteiger partial charge in [0, 0.05) is 12.1 Å². The second-order valence-corrected chi connectivity index (χ2v) is 6.01. The number of likely N-dealkylation sites (tertiary alicyclic amines) is 1. The van der Waals surface area contributed by atoms with Crippen molar-refractivity contribution >= 4 is 5.91 Å².